The van der Waals surface area contributed by atoms with E-state index in [4.69, 9.17) is 0 Å². The van der Waals surface area contributed by atoms with Crippen molar-refractivity contribution < 1.29 is 17.2 Å². The molecule has 1 aromatic rings. The topological polar surface area (TPSA) is 95.3 Å². The second-order valence-electron chi connectivity index (χ2n) is 4.39. The van der Waals surface area contributed by atoms with Gasteiger partial charge in [-0.2, -0.15) is 17.6 Å². The van der Waals surface area contributed by atoms with Crippen LogP contribution in [0.3, 0.4) is 0 Å². The molecule has 1 atom stereocenters. The molecule has 2 rings (SSSR count). The molecule has 7 nitrogen and oxygen atoms in total. The molecule has 0 radical (unpaired) electrons. The van der Waals surface area contributed by atoms with Gasteiger partial charge in [0, 0.05) is 29.6 Å². The molecule has 1 unspecified atom stereocenters. The van der Waals surface area contributed by atoms with Crippen LogP contribution in [0, 0.1) is 0 Å². The molecule has 118 valence electrons. The van der Waals surface area contributed by atoms with Crippen LogP contribution in [0.1, 0.15) is 11.3 Å². The Labute approximate surface area is 131 Å². The Morgan fingerprint density at radius 1 is 1.36 bits per heavy atom. The van der Waals surface area contributed by atoms with E-state index in [2.05, 4.69) is 18.3 Å². The maximum atomic E-state index is 12.5. The summed E-state index contributed by atoms with van der Waals surface area (Å²) < 4.78 is 48.8. The highest BCUT2D eigenvalue weighted by atomic mass is 32.2. The molecule has 2 heterocycles. The Kier molecular flexibility index (Phi) is 4.91. The van der Waals surface area contributed by atoms with Gasteiger partial charge in [0.05, 0.1) is 17.1 Å². The molecule has 0 spiro atoms. The molecule has 9 heteroatoms. The fourth-order valence-corrected chi connectivity index (χ4v) is 3.62. The Hall–Kier alpha value is -1.81. The zero-order valence-corrected chi connectivity index (χ0v) is 13.2. The molecule has 0 aliphatic carbocycles. The summed E-state index contributed by atoms with van der Waals surface area (Å²) >= 11 is -2.35. The third-order valence-electron chi connectivity index (χ3n) is 2.96. The molecule has 0 amide bonds. The van der Waals surface area contributed by atoms with Crippen molar-refractivity contribution >= 4 is 21.3 Å². The lowest BCUT2D eigenvalue weighted by molar-refractivity contribution is 0.398. The highest BCUT2D eigenvalue weighted by Gasteiger charge is 2.27. The van der Waals surface area contributed by atoms with E-state index >= 15 is 0 Å². The first kappa shape index (κ1) is 16.6. The average molecular weight is 340 g/mol. The molecule has 1 aliphatic heterocycles. The molecule has 0 fully saturated rings. The maximum Gasteiger partial charge on any atom is 0.282 e. The van der Waals surface area contributed by atoms with E-state index in [1.54, 1.807) is 0 Å². The first-order valence-electron chi connectivity index (χ1n) is 6.19. The quantitative estimate of drug-likeness (QED) is 0.568. The van der Waals surface area contributed by atoms with Crippen LogP contribution < -0.4 is 0 Å². The van der Waals surface area contributed by atoms with Crippen LogP contribution in [0.25, 0.3) is 0 Å². The van der Waals surface area contributed by atoms with Gasteiger partial charge in [-0.25, -0.2) is 4.31 Å². The summed E-state index contributed by atoms with van der Waals surface area (Å²) in [5.74, 6) is 0. The second-order valence-corrected chi connectivity index (χ2v) is 7.14. The zero-order chi connectivity index (χ0) is 16.3. The summed E-state index contributed by atoms with van der Waals surface area (Å²) in [7, 11) is -3.86. The molecule has 0 aromatic carbocycles. The number of allylic oxidation sites excluding steroid dienone is 5. The molecule has 0 saturated heterocycles. The lowest BCUT2D eigenvalue weighted by Crippen LogP contribution is -2.21. The predicted octanol–water partition coefficient (Wildman–Crippen LogP) is 0.983. The first-order chi connectivity index (χ1) is 10.4. The largest absolute Gasteiger partial charge is 0.760 e. The summed E-state index contributed by atoms with van der Waals surface area (Å²) in [5, 5.41) is 3.99. The number of hydrogen-bond acceptors (Lipinski definition) is 5. The summed E-state index contributed by atoms with van der Waals surface area (Å²) in [6.45, 7) is 7.16. The first-order valence-corrected chi connectivity index (χ1v) is 8.66. The van der Waals surface area contributed by atoms with Gasteiger partial charge < -0.3 is 4.55 Å². The van der Waals surface area contributed by atoms with Crippen LogP contribution in [0.4, 0.5) is 0 Å². The summed E-state index contributed by atoms with van der Waals surface area (Å²) in [6.07, 6.45) is 8.37. The van der Waals surface area contributed by atoms with Gasteiger partial charge in [0.1, 0.15) is 0 Å². The summed E-state index contributed by atoms with van der Waals surface area (Å²) in [4.78, 5) is 0.00725. The molecular weight excluding hydrogens is 326 g/mol. The molecule has 0 N–H and O–H groups in total. The van der Waals surface area contributed by atoms with Crippen LogP contribution in [-0.2, 0) is 34.4 Å². The van der Waals surface area contributed by atoms with E-state index in [9.17, 15) is 17.2 Å². The van der Waals surface area contributed by atoms with Gasteiger partial charge in [-0.3, -0.25) is 4.21 Å². The highest BCUT2D eigenvalue weighted by Crippen LogP contribution is 2.24. The van der Waals surface area contributed by atoms with Gasteiger partial charge in [-0.05, 0) is 12.2 Å². The van der Waals surface area contributed by atoms with Gasteiger partial charge >= 0.3 is 0 Å². The minimum atomic E-state index is -3.86. The summed E-state index contributed by atoms with van der Waals surface area (Å²) in [6, 6.07) is 0. The fourth-order valence-electron chi connectivity index (χ4n) is 1.94. The van der Waals surface area contributed by atoms with Crippen molar-refractivity contribution in [2.75, 3.05) is 0 Å². The van der Waals surface area contributed by atoms with Crippen molar-refractivity contribution in [3.8, 4) is 0 Å². The van der Waals surface area contributed by atoms with Gasteiger partial charge in [0.25, 0.3) is 10.0 Å². The number of nitrogens with zero attached hydrogens (tertiary/aromatic N) is 3. The van der Waals surface area contributed by atoms with Crippen molar-refractivity contribution in [3.63, 3.8) is 0 Å². The van der Waals surface area contributed by atoms with Crippen LogP contribution in [-0.4, -0.2) is 30.7 Å². The molecule has 1 aromatic heterocycles. The lowest BCUT2D eigenvalue weighted by Gasteiger charge is -2.17. The normalized spacial score (nSPS) is 17.6. The molecular formula is C13H14N3O4S2-. The Morgan fingerprint density at radius 3 is 2.64 bits per heavy atom. The van der Waals surface area contributed by atoms with Crippen LogP contribution in [0.2, 0.25) is 0 Å². The predicted molar refractivity (Wildman–Crippen MR) is 82.3 cm³/mol. The van der Waals surface area contributed by atoms with Crippen molar-refractivity contribution in [2.45, 2.75) is 13.1 Å². The molecule has 1 aliphatic rings. The minimum Gasteiger partial charge on any atom is -0.760 e. The lowest BCUT2D eigenvalue weighted by atomic mass is 10.3. The third kappa shape index (κ3) is 3.17. The average Bonchev–Trinajstić information content (AvgIpc) is 3.01. The van der Waals surface area contributed by atoms with Crippen LogP contribution in [0.15, 0.2) is 54.6 Å². The summed E-state index contributed by atoms with van der Waals surface area (Å²) in [5.41, 5.74) is 0.997. The van der Waals surface area contributed by atoms with Gasteiger partial charge in [0.2, 0.25) is 0 Å². The minimum absolute atomic E-state index is 0.00725. The Balaban J connectivity index is 2.37. The number of aromatic nitrogens is 2. The van der Waals surface area contributed by atoms with Crippen molar-refractivity contribution in [3.05, 3.63) is 65.9 Å². The molecule has 0 saturated carbocycles. The smallest absolute Gasteiger partial charge is 0.282 e. The van der Waals surface area contributed by atoms with Gasteiger partial charge in [0.15, 0.2) is 0 Å². The van der Waals surface area contributed by atoms with Crippen molar-refractivity contribution in [2.24, 2.45) is 0 Å². The van der Waals surface area contributed by atoms with E-state index < -0.39 is 21.3 Å². The monoisotopic (exact) mass is 340 g/mol. The second kappa shape index (κ2) is 6.53. The van der Waals surface area contributed by atoms with E-state index in [0.717, 1.165) is 8.39 Å². The van der Waals surface area contributed by atoms with Crippen molar-refractivity contribution in [1.82, 2.24) is 13.5 Å². The molecule has 22 heavy (non-hydrogen) atoms. The molecule has 0 bridgehead atoms. The van der Waals surface area contributed by atoms with E-state index in [-0.39, 0.29) is 18.0 Å². The number of hydrogen-bond donors (Lipinski definition) is 0. The van der Waals surface area contributed by atoms with E-state index in [0.29, 0.717) is 11.3 Å². The number of rotatable bonds is 6. The standard InChI is InChI=1S/C13H15N3O4S2/c1-3-5-7-12(6-4-2)22(19,20)16-9-11-8-15(21(17)18)10-13(11)14-16/h3-7,9H,1-2,8,10H2,(H,17,18)/p-1/b7-5-,12-6+. The Morgan fingerprint density at radius 2 is 2.09 bits per heavy atom. The zero-order valence-electron chi connectivity index (χ0n) is 11.6. The van der Waals surface area contributed by atoms with Gasteiger partial charge in [-0.1, -0.05) is 31.4 Å². The van der Waals surface area contributed by atoms with Crippen LogP contribution >= 0.6 is 0 Å². The van der Waals surface area contributed by atoms with Gasteiger partial charge in [-0.15, -0.1) is 0 Å². The third-order valence-corrected chi connectivity index (χ3v) is 5.19. The fraction of sp³-hybridized carbons (Fsp3) is 0.154. The van der Waals surface area contributed by atoms with Crippen LogP contribution in [0.5, 0.6) is 0 Å². The maximum absolute atomic E-state index is 12.5. The highest BCUT2D eigenvalue weighted by molar-refractivity contribution is 7.93. The van der Waals surface area contributed by atoms with Crippen molar-refractivity contribution in [1.29, 1.82) is 0 Å². The SMILES string of the molecule is C=C/C=C\C(=C/C=C)S(=O)(=O)n1cc2c(n1)CN(S(=O)[O-])C2. The van der Waals surface area contributed by atoms with E-state index in [1.165, 1.54) is 36.6 Å². The number of fused-ring (bicyclic) bond motifs is 1. The Bertz CT molecular complexity index is 767. The van der Waals surface area contributed by atoms with E-state index in [1.807, 2.05) is 0 Å².